The Balaban J connectivity index is 1.79. The SMILES string of the molecule is Cc1ccc(S(=O)(=O)N(C)C)cc1NC(=O)CN1C(=O)NC(C)(c2ccc(Cl)cc2)C1=O. The van der Waals surface area contributed by atoms with Gasteiger partial charge in [0.1, 0.15) is 12.1 Å². The van der Waals surface area contributed by atoms with Crippen LogP contribution in [0, 0.1) is 6.92 Å². The molecule has 2 N–H and O–H groups in total. The third-order valence-electron chi connectivity index (χ3n) is 5.26. The first kappa shape index (κ1) is 23.7. The highest BCUT2D eigenvalue weighted by molar-refractivity contribution is 7.89. The van der Waals surface area contributed by atoms with Crippen LogP contribution in [0.1, 0.15) is 18.1 Å². The van der Waals surface area contributed by atoms with E-state index in [9.17, 15) is 22.8 Å². The van der Waals surface area contributed by atoms with Crippen molar-refractivity contribution < 1.29 is 22.8 Å². The molecule has 32 heavy (non-hydrogen) atoms. The van der Waals surface area contributed by atoms with Gasteiger partial charge in [-0.05, 0) is 49.2 Å². The molecule has 3 rings (SSSR count). The first-order chi connectivity index (χ1) is 14.9. The number of aryl methyl sites for hydroxylation is 1. The fourth-order valence-corrected chi connectivity index (χ4v) is 4.31. The molecule has 0 aliphatic carbocycles. The molecule has 170 valence electrons. The van der Waals surface area contributed by atoms with Gasteiger partial charge < -0.3 is 10.6 Å². The van der Waals surface area contributed by atoms with Crippen LogP contribution in [0.5, 0.6) is 0 Å². The Labute approximate surface area is 191 Å². The Morgan fingerprint density at radius 1 is 1.16 bits per heavy atom. The van der Waals surface area contributed by atoms with Gasteiger partial charge in [-0.1, -0.05) is 29.8 Å². The molecule has 11 heteroatoms. The first-order valence-electron chi connectivity index (χ1n) is 9.59. The number of anilines is 1. The molecular formula is C21H23ClN4O5S. The number of carbonyl (C=O) groups excluding carboxylic acids is 3. The molecule has 1 aliphatic rings. The summed E-state index contributed by atoms with van der Waals surface area (Å²) in [5, 5.41) is 5.69. The topological polar surface area (TPSA) is 116 Å². The molecular weight excluding hydrogens is 456 g/mol. The minimum Gasteiger partial charge on any atom is -0.324 e. The maximum atomic E-state index is 13.0. The summed E-state index contributed by atoms with van der Waals surface area (Å²) < 4.78 is 25.8. The normalized spacial score (nSPS) is 18.8. The zero-order valence-electron chi connectivity index (χ0n) is 18.0. The largest absolute Gasteiger partial charge is 0.325 e. The molecule has 1 fully saturated rings. The average Bonchev–Trinajstić information content (AvgIpc) is 2.93. The summed E-state index contributed by atoms with van der Waals surface area (Å²) in [6.07, 6.45) is 0. The second-order valence-electron chi connectivity index (χ2n) is 7.77. The Morgan fingerprint density at radius 2 is 1.78 bits per heavy atom. The molecule has 0 aromatic heterocycles. The van der Waals surface area contributed by atoms with Gasteiger partial charge in [0.2, 0.25) is 15.9 Å². The summed E-state index contributed by atoms with van der Waals surface area (Å²) in [5.41, 5.74) is 0.0858. The number of rotatable bonds is 6. The number of nitrogens with one attached hydrogen (secondary N) is 2. The number of imide groups is 1. The maximum Gasteiger partial charge on any atom is 0.325 e. The molecule has 1 saturated heterocycles. The third kappa shape index (κ3) is 4.34. The van der Waals surface area contributed by atoms with Crippen molar-refractivity contribution in [2.24, 2.45) is 0 Å². The number of sulfonamides is 1. The molecule has 4 amide bonds. The number of halogens is 1. The predicted molar refractivity (Wildman–Crippen MR) is 120 cm³/mol. The van der Waals surface area contributed by atoms with E-state index in [1.807, 2.05) is 0 Å². The highest BCUT2D eigenvalue weighted by Crippen LogP contribution is 2.30. The number of hydrogen-bond acceptors (Lipinski definition) is 5. The fourth-order valence-electron chi connectivity index (χ4n) is 3.26. The standard InChI is InChI=1S/C21H23ClN4O5S/c1-13-5-10-16(32(30,31)25(3)4)11-17(13)23-18(27)12-26-19(28)21(2,24-20(26)29)14-6-8-15(22)9-7-14/h5-11H,12H2,1-4H3,(H,23,27)(H,24,29). The second-order valence-corrected chi connectivity index (χ2v) is 10.4. The number of hydrogen-bond donors (Lipinski definition) is 2. The second kappa shape index (κ2) is 8.53. The van der Waals surface area contributed by atoms with Crippen LogP contribution >= 0.6 is 11.6 Å². The van der Waals surface area contributed by atoms with Gasteiger partial charge in [-0.15, -0.1) is 0 Å². The lowest BCUT2D eigenvalue weighted by Crippen LogP contribution is -2.42. The number of benzene rings is 2. The van der Waals surface area contributed by atoms with Crippen LogP contribution in [0.4, 0.5) is 10.5 Å². The van der Waals surface area contributed by atoms with E-state index in [1.54, 1.807) is 44.2 Å². The van der Waals surface area contributed by atoms with Crippen molar-refractivity contribution in [2.45, 2.75) is 24.3 Å². The van der Waals surface area contributed by atoms with Crippen molar-refractivity contribution >= 4 is 45.2 Å². The fraction of sp³-hybridized carbons (Fsp3) is 0.286. The summed E-state index contributed by atoms with van der Waals surface area (Å²) in [5.74, 6) is -1.23. The van der Waals surface area contributed by atoms with E-state index in [2.05, 4.69) is 10.6 Å². The van der Waals surface area contributed by atoms with Crippen LogP contribution < -0.4 is 10.6 Å². The molecule has 0 spiro atoms. The van der Waals surface area contributed by atoms with E-state index < -0.39 is 40.0 Å². The van der Waals surface area contributed by atoms with Gasteiger partial charge in [-0.2, -0.15) is 0 Å². The smallest absolute Gasteiger partial charge is 0.324 e. The van der Waals surface area contributed by atoms with Crippen LogP contribution in [-0.2, 0) is 25.2 Å². The van der Waals surface area contributed by atoms with Crippen molar-refractivity contribution in [1.29, 1.82) is 0 Å². The van der Waals surface area contributed by atoms with E-state index in [0.29, 0.717) is 16.1 Å². The molecule has 1 atom stereocenters. The first-order valence-corrected chi connectivity index (χ1v) is 11.4. The van der Waals surface area contributed by atoms with Gasteiger partial charge in [0, 0.05) is 24.8 Å². The molecule has 1 heterocycles. The van der Waals surface area contributed by atoms with Crippen molar-refractivity contribution in [2.75, 3.05) is 26.0 Å². The lowest BCUT2D eigenvalue weighted by atomic mass is 9.92. The van der Waals surface area contributed by atoms with Crippen molar-refractivity contribution in [1.82, 2.24) is 14.5 Å². The molecule has 2 aromatic rings. The van der Waals surface area contributed by atoms with Gasteiger partial charge in [-0.25, -0.2) is 17.5 Å². The highest BCUT2D eigenvalue weighted by Gasteiger charge is 2.49. The van der Waals surface area contributed by atoms with E-state index in [4.69, 9.17) is 11.6 Å². The van der Waals surface area contributed by atoms with E-state index >= 15 is 0 Å². The summed E-state index contributed by atoms with van der Waals surface area (Å²) in [4.78, 5) is 38.9. The summed E-state index contributed by atoms with van der Waals surface area (Å²) in [6.45, 7) is 2.72. The van der Waals surface area contributed by atoms with Gasteiger partial charge in [0.15, 0.2) is 0 Å². The predicted octanol–water partition coefficient (Wildman–Crippen LogP) is 2.30. The molecule has 2 aromatic carbocycles. The Hall–Kier alpha value is -2.95. The average molecular weight is 479 g/mol. The zero-order valence-corrected chi connectivity index (χ0v) is 19.5. The van der Waals surface area contributed by atoms with E-state index in [0.717, 1.165) is 9.21 Å². The van der Waals surface area contributed by atoms with Gasteiger partial charge in [0.05, 0.1) is 4.90 Å². The number of amides is 4. The molecule has 1 aliphatic heterocycles. The molecule has 0 saturated carbocycles. The number of nitrogens with zero attached hydrogens (tertiary/aromatic N) is 2. The molecule has 1 unspecified atom stereocenters. The van der Waals surface area contributed by atoms with E-state index in [-0.39, 0.29) is 10.6 Å². The third-order valence-corrected chi connectivity index (χ3v) is 7.32. The van der Waals surface area contributed by atoms with Gasteiger partial charge >= 0.3 is 6.03 Å². The van der Waals surface area contributed by atoms with Crippen LogP contribution in [0.15, 0.2) is 47.4 Å². The quantitative estimate of drug-likeness (QED) is 0.618. The summed E-state index contributed by atoms with van der Waals surface area (Å²) >= 11 is 5.90. The Bertz CT molecular complexity index is 1200. The number of urea groups is 1. The van der Waals surface area contributed by atoms with Crippen molar-refractivity contribution in [3.63, 3.8) is 0 Å². The Morgan fingerprint density at radius 3 is 2.38 bits per heavy atom. The lowest BCUT2D eigenvalue weighted by molar-refractivity contribution is -0.133. The van der Waals surface area contributed by atoms with Crippen LogP contribution in [0.25, 0.3) is 0 Å². The minimum atomic E-state index is -3.70. The van der Waals surface area contributed by atoms with Gasteiger partial charge in [0.25, 0.3) is 5.91 Å². The summed E-state index contributed by atoms with van der Waals surface area (Å²) in [6, 6.07) is 10.1. The zero-order chi connectivity index (χ0) is 23.8. The molecule has 9 nitrogen and oxygen atoms in total. The monoisotopic (exact) mass is 478 g/mol. The van der Waals surface area contributed by atoms with Crippen LogP contribution in [0.3, 0.4) is 0 Å². The Kier molecular flexibility index (Phi) is 6.32. The molecule has 0 bridgehead atoms. The minimum absolute atomic E-state index is 0.00806. The number of carbonyl (C=O) groups is 3. The van der Waals surface area contributed by atoms with E-state index in [1.165, 1.54) is 26.2 Å². The van der Waals surface area contributed by atoms with Crippen molar-refractivity contribution in [3.8, 4) is 0 Å². The van der Waals surface area contributed by atoms with Crippen molar-refractivity contribution in [3.05, 3.63) is 58.6 Å². The summed E-state index contributed by atoms with van der Waals surface area (Å²) in [7, 11) is -0.886. The van der Waals surface area contributed by atoms with Gasteiger partial charge in [-0.3, -0.25) is 14.5 Å². The lowest BCUT2D eigenvalue weighted by Gasteiger charge is -2.22. The highest BCUT2D eigenvalue weighted by atomic mass is 35.5. The maximum absolute atomic E-state index is 13.0. The van der Waals surface area contributed by atoms with Crippen LogP contribution in [-0.4, -0.2) is 56.1 Å². The molecule has 0 radical (unpaired) electrons. The van der Waals surface area contributed by atoms with Crippen LogP contribution in [0.2, 0.25) is 5.02 Å².